The van der Waals surface area contributed by atoms with E-state index in [2.05, 4.69) is 10.3 Å². The van der Waals surface area contributed by atoms with Crippen LogP contribution in [0.2, 0.25) is 0 Å². The molecule has 3 rings (SSSR count). The van der Waals surface area contributed by atoms with Gasteiger partial charge in [0.25, 0.3) is 5.91 Å². The first-order valence-corrected chi connectivity index (χ1v) is 7.24. The van der Waals surface area contributed by atoms with E-state index in [0.717, 1.165) is 24.3 Å². The van der Waals surface area contributed by atoms with Gasteiger partial charge in [-0.3, -0.25) is 15.1 Å². The molecule has 0 radical (unpaired) electrons. The van der Waals surface area contributed by atoms with Crippen LogP contribution < -0.4 is 16.0 Å². The fraction of sp³-hybridized carbons (Fsp3) is 0.533. The predicted molar refractivity (Wildman–Crippen MR) is 76.3 cm³/mol. The lowest BCUT2D eigenvalue weighted by molar-refractivity contribution is 0.0953. The van der Waals surface area contributed by atoms with Gasteiger partial charge in [0.15, 0.2) is 0 Å². The number of nitrogens with zero attached hydrogens (tertiary/aromatic N) is 1. The van der Waals surface area contributed by atoms with Gasteiger partial charge < -0.3 is 4.74 Å². The van der Waals surface area contributed by atoms with E-state index in [0.29, 0.717) is 12.2 Å². The van der Waals surface area contributed by atoms with Crippen LogP contribution in [0.5, 0.6) is 5.75 Å². The number of benzene rings is 1. The Bertz CT molecular complexity index is 492. The Morgan fingerprint density at radius 1 is 1.45 bits per heavy atom. The van der Waals surface area contributed by atoms with Gasteiger partial charge >= 0.3 is 0 Å². The fourth-order valence-electron chi connectivity index (χ4n) is 3.39. The van der Waals surface area contributed by atoms with Crippen LogP contribution in [0.4, 0.5) is 0 Å². The lowest BCUT2D eigenvalue weighted by Gasteiger charge is -2.26. The Balaban J connectivity index is 1.50. The number of ether oxygens (including phenoxy) is 1. The number of rotatable bonds is 5. The Kier molecular flexibility index (Phi) is 3.89. The fourth-order valence-corrected chi connectivity index (χ4v) is 3.39. The van der Waals surface area contributed by atoms with Gasteiger partial charge in [-0.2, -0.15) is 0 Å². The highest BCUT2D eigenvalue weighted by Crippen LogP contribution is 2.36. The molecule has 5 nitrogen and oxygen atoms in total. The van der Waals surface area contributed by atoms with Crippen molar-refractivity contribution in [3.8, 4) is 5.75 Å². The summed E-state index contributed by atoms with van der Waals surface area (Å²) >= 11 is 0. The van der Waals surface area contributed by atoms with Crippen molar-refractivity contribution in [3.63, 3.8) is 0 Å². The second kappa shape index (κ2) is 5.81. The molecule has 1 amide bonds. The molecule has 5 heteroatoms. The molecule has 0 spiro atoms. The summed E-state index contributed by atoms with van der Waals surface area (Å²) in [5, 5.41) is 0. The summed E-state index contributed by atoms with van der Waals surface area (Å²) in [6, 6.07) is 7.88. The number of fused-ring (bicyclic) bond motifs is 2. The number of amides is 1. The maximum absolute atomic E-state index is 11.4. The highest BCUT2D eigenvalue weighted by molar-refractivity contribution is 5.94. The van der Waals surface area contributed by atoms with Crippen LogP contribution in [-0.4, -0.2) is 36.5 Å². The Morgan fingerprint density at radius 2 is 2.35 bits per heavy atom. The molecule has 1 aliphatic carbocycles. The van der Waals surface area contributed by atoms with Crippen LogP contribution in [0.25, 0.3) is 0 Å². The summed E-state index contributed by atoms with van der Waals surface area (Å²) in [7, 11) is 0. The number of piperidine rings is 1. The summed E-state index contributed by atoms with van der Waals surface area (Å²) in [6.07, 6.45) is 4.11. The Labute approximate surface area is 119 Å². The van der Waals surface area contributed by atoms with Crippen molar-refractivity contribution >= 4 is 5.91 Å². The number of hydrogen-bond donors (Lipinski definition) is 2. The molecule has 1 aromatic rings. The zero-order chi connectivity index (χ0) is 13.9. The smallest absolute Gasteiger partial charge is 0.265 e. The number of likely N-dealkylation sites (tertiary alicyclic amines) is 1. The van der Waals surface area contributed by atoms with Crippen LogP contribution in [0.3, 0.4) is 0 Å². The highest BCUT2D eigenvalue weighted by atomic mass is 16.5. The van der Waals surface area contributed by atoms with Crippen molar-refractivity contribution in [1.82, 2.24) is 10.3 Å². The van der Waals surface area contributed by atoms with E-state index in [1.165, 1.54) is 25.8 Å². The van der Waals surface area contributed by atoms with Gasteiger partial charge in [0.05, 0.1) is 0 Å². The summed E-state index contributed by atoms with van der Waals surface area (Å²) in [5.74, 6) is 6.46. The van der Waals surface area contributed by atoms with E-state index in [1.807, 2.05) is 6.07 Å². The minimum atomic E-state index is -0.299. The molecule has 1 heterocycles. The molecule has 1 saturated carbocycles. The van der Waals surface area contributed by atoms with Crippen LogP contribution in [0.1, 0.15) is 29.6 Å². The average molecular weight is 275 g/mol. The monoisotopic (exact) mass is 275 g/mol. The SMILES string of the molecule is NNC(=O)c1cccc(OCCN2CC3CCC2C3)c1. The number of nitrogens with two attached hydrogens (primary N) is 1. The number of nitrogens with one attached hydrogen (secondary N) is 1. The molecular weight excluding hydrogens is 254 g/mol. The molecule has 2 unspecified atom stereocenters. The maximum atomic E-state index is 11.4. The van der Waals surface area contributed by atoms with E-state index < -0.39 is 0 Å². The van der Waals surface area contributed by atoms with Crippen molar-refractivity contribution in [2.75, 3.05) is 19.7 Å². The van der Waals surface area contributed by atoms with Crippen molar-refractivity contribution in [3.05, 3.63) is 29.8 Å². The van der Waals surface area contributed by atoms with Gasteiger partial charge in [-0.1, -0.05) is 6.07 Å². The summed E-state index contributed by atoms with van der Waals surface area (Å²) in [6.45, 7) is 2.86. The molecule has 1 aliphatic heterocycles. The lowest BCUT2D eigenvalue weighted by atomic mass is 10.1. The summed E-state index contributed by atoms with van der Waals surface area (Å²) in [4.78, 5) is 14.0. The topological polar surface area (TPSA) is 67.6 Å². The van der Waals surface area contributed by atoms with Crippen LogP contribution in [0, 0.1) is 5.92 Å². The third kappa shape index (κ3) is 2.78. The van der Waals surface area contributed by atoms with E-state index in [-0.39, 0.29) is 5.91 Å². The van der Waals surface area contributed by atoms with E-state index in [4.69, 9.17) is 10.6 Å². The van der Waals surface area contributed by atoms with Gasteiger partial charge in [-0.15, -0.1) is 0 Å². The van der Waals surface area contributed by atoms with Gasteiger partial charge in [0.2, 0.25) is 0 Å². The number of carbonyl (C=O) groups excluding carboxylic acids is 1. The molecule has 2 fully saturated rings. The first-order valence-electron chi connectivity index (χ1n) is 7.24. The number of hydrogen-bond acceptors (Lipinski definition) is 4. The molecule has 20 heavy (non-hydrogen) atoms. The molecule has 1 saturated heterocycles. The largest absolute Gasteiger partial charge is 0.492 e. The average Bonchev–Trinajstić information content (AvgIpc) is 3.09. The minimum Gasteiger partial charge on any atom is -0.492 e. The lowest BCUT2D eigenvalue weighted by Crippen LogP contribution is -2.35. The van der Waals surface area contributed by atoms with Crippen LogP contribution in [-0.2, 0) is 0 Å². The first kappa shape index (κ1) is 13.4. The second-order valence-electron chi connectivity index (χ2n) is 5.68. The number of carbonyl (C=O) groups is 1. The van der Waals surface area contributed by atoms with Gasteiger partial charge in [0, 0.05) is 24.7 Å². The van der Waals surface area contributed by atoms with Gasteiger partial charge in [-0.05, 0) is 43.4 Å². The molecule has 1 aromatic carbocycles. The van der Waals surface area contributed by atoms with E-state index in [9.17, 15) is 4.79 Å². The zero-order valence-electron chi connectivity index (χ0n) is 11.5. The molecule has 2 atom stereocenters. The highest BCUT2D eigenvalue weighted by Gasteiger charge is 2.37. The van der Waals surface area contributed by atoms with Gasteiger partial charge in [-0.25, -0.2) is 5.84 Å². The molecular formula is C15H21N3O2. The van der Waals surface area contributed by atoms with Crippen LogP contribution >= 0.6 is 0 Å². The molecule has 3 N–H and O–H groups in total. The number of nitrogen functional groups attached to an aromatic ring is 1. The third-order valence-corrected chi connectivity index (χ3v) is 4.40. The van der Waals surface area contributed by atoms with E-state index >= 15 is 0 Å². The van der Waals surface area contributed by atoms with Crippen LogP contribution in [0.15, 0.2) is 24.3 Å². The van der Waals surface area contributed by atoms with E-state index in [1.54, 1.807) is 18.2 Å². The standard InChI is InChI=1S/C15H21N3O2/c16-17-15(19)12-2-1-3-14(9-12)20-7-6-18-10-11-4-5-13(18)8-11/h1-3,9,11,13H,4-8,10,16H2,(H,17,19). The minimum absolute atomic E-state index is 0.299. The first-order chi connectivity index (χ1) is 9.76. The Morgan fingerprint density at radius 3 is 3.05 bits per heavy atom. The number of hydrazine groups is 1. The van der Waals surface area contributed by atoms with Crippen molar-refractivity contribution in [2.45, 2.75) is 25.3 Å². The maximum Gasteiger partial charge on any atom is 0.265 e. The van der Waals surface area contributed by atoms with Gasteiger partial charge in [0.1, 0.15) is 12.4 Å². The predicted octanol–water partition coefficient (Wildman–Crippen LogP) is 1.15. The molecule has 2 bridgehead atoms. The quantitative estimate of drug-likeness (QED) is 0.480. The summed E-state index contributed by atoms with van der Waals surface area (Å²) in [5.41, 5.74) is 2.64. The normalized spacial score (nSPS) is 24.9. The molecule has 0 aromatic heterocycles. The Hall–Kier alpha value is -1.59. The summed E-state index contributed by atoms with van der Waals surface area (Å²) < 4.78 is 5.75. The molecule has 108 valence electrons. The third-order valence-electron chi connectivity index (χ3n) is 4.40. The van der Waals surface area contributed by atoms with Crippen molar-refractivity contribution in [1.29, 1.82) is 0 Å². The molecule has 2 aliphatic rings. The van der Waals surface area contributed by atoms with Crippen molar-refractivity contribution < 1.29 is 9.53 Å². The van der Waals surface area contributed by atoms with Crippen molar-refractivity contribution in [2.24, 2.45) is 11.8 Å². The zero-order valence-corrected chi connectivity index (χ0v) is 11.5. The second-order valence-corrected chi connectivity index (χ2v) is 5.68.